The van der Waals surface area contributed by atoms with Crippen molar-refractivity contribution in [1.82, 2.24) is 10.2 Å². The van der Waals surface area contributed by atoms with Crippen molar-refractivity contribution in [3.63, 3.8) is 0 Å². The van der Waals surface area contributed by atoms with Gasteiger partial charge < -0.3 is 10.1 Å². The molecule has 1 atom stereocenters. The molecule has 1 saturated heterocycles. The molecule has 2 aliphatic rings. The molecule has 1 aliphatic carbocycles. The summed E-state index contributed by atoms with van der Waals surface area (Å²) in [5, 5.41) is 5.80. The number of rotatable bonds is 5. The zero-order valence-electron chi connectivity index (χ0n) is 16.2. The highest BCUT2D eigenvalue weighted by atomic mass is 16.5. The number of hydrogen-bond donors (Lipinski definition) is 2. The Morgan fingerprint density at radius 2 is 1.93 bits per heavy atom. The average Bonchev–Trinajstić information content (AvgIpc) is 2.95. The fourth-order valence-electron chi connectivity index (χ4n) is 4.15. The molecule has 0 spiro atoms. The number of amides is 2. The van der Waals surface area contributed by atoms with E-state index in [2.05, 4.69) is 15.5 Å². The van der Waals surface area contributed by atoms with Crippen molar-refractivity contribution in [2.75, 3.05) is 25.0 Å². The Hall–Kier alpha value is -2.08. The molecule has 1 unspecified atom stereocenters. The largest absolute Gasteiger partial charge is 0.450 e. The second-order valence-corrected chi connectivity index (χ2v) is 7.53. The van der Waals surface area contributed by atoms with Gasteiger partial charge in [-0.1, -0.05) is 31.7 Å². The zero-order chi connectivity index (χ0) is 19.1. The number of benzene rings is 1. The van der Waals surface area contributed by atoms with Gasteiger partial charge in [-0.15, -0.1) is 0 Å². The van der Waals surface area contributed by atoms with Crippen molar-refractivity contribution in [3.05, 3.63) is 29.8 Å². The summed E-state index contributed by atoms with van der Waals surface area (Å²) in [5.74, 6) is -0.0878. The molecule has 6 nitrogen and oxygen atoms in total. The molecule has 1 heterocycles. The minimum atomic E-state index is -0.509. The Bertz CT molecular complexity index is 641. The van der Waals surface area contributed by atoms with Gasteiger partial charge in [-0.3, -0.25) is 15.0 Å². The fourth-order valence-corrected chi connectivity index (χ4v) is 4.15. The van der Waals surface area contributed by atoms with Gasteiger partial charge in [-0.2, -0.15) is 0 Å². The maximum atomic E-state index is 12.6. The lowest BCUT2D eigenvalue weighted by molar-refractivity contribution is 0.0935. The van der Waals surface area contributed by atoms with Crippen LogP contribution in [0.5, 0.6) is 0 Å². The second-order valence-electron chi connectivity index (χ2n) is 7.53. The molecule has 2 N–H and O–H groups in total. The van der Waals surface area contributed by atoms with E-state index in [9.17, 15) is 9.59 Å². The first-order chi connectivity index (χ1) is 13.2. The van der Waals surface area contributed by atoms with Crippen molar-refractivity contribution in [2.45, 2.75) is 64.0 Å². The van der Waals surface area contributed by atoms with Gasteiger partial charge in [-0.25, -0.2) is 4.79 Å². The first-order valence-electron chi connectivity index (χ1n) is 10.2. The summed E-state index contributed by atoms with van der Waals surface area (Å²) in [6.45, 7) is 4.08. The summed E-state index contributed by atoms with van der Waals surface area (Å²) in [6.07, 6.45) is 8.47. The smallest absolute Gasteiger partial charge is 0.411 e. The number of nitrogens with zero attached hydrogens (tertiary/aromatic N) is 1. The van der Waals surface area contributed by atoms with E-state index in [-0.39, 0.29) is 11.9 Å². The molecule has 6 heteroatoms. The minimum absolute atomic E-state index is 0.0878. The third kappa shape index (κ3) is 5.70. The van der Waals surface area contributed by atoms with E-state index in [0.717, 1.165) is 19.5 Å². The molecule has 27 heavy (non-hydrogen) atoms. The quantitative estimate of drug-likeness (QED) is 0.771. The van der Waals surface area contributed by atoms with Crippen LogP contribution in [0.3, 0.4) is 0 Å². The first kappa shape index (κ1) is 19.7. The van der Waals surface area contributed by atoms with Gasteiger partial charge >= 0.3 is 6.09 Å². The molecule has 1 aromatic rings. The van der Waals surface area contributed by atoms with Crippen LogP contribution in [0, 0.1) is 0 Å². The van der Waals surface area contributed by atoms with Gasteiger partial charge in [-0.05, 0) is 44.4 Å². The van der Waals surface area contributed by atoms with E-state index in [1.54, 1.807) is 31.2 Å². The van der Waals surface area contributed by atoms with Crippen molar-refractivity contribution in [3.8, 4) is 0 Å². The Morgan fingerprint density at radius 3 is 2.67 bits per heavy atom. The van der Waals surface area contributed by atoms with E-state index in [1.807, 2.05) is 0 Å². The Morgan fingerprint density at radius 1 is 1.15 bits per heavy atom. The maximum absolute atomic E-state index is 12.6. The van der Waals surface area contributed by atoms with E-state index >= 15 is 0 Å². The Kier molecular flexibility index (Phi) is 7.10. The summed E-state index contributed by atoms with van der Waals surface area (Å²) in [7, 11) is 0. The van der Waals surface area contributed by atoms with Gasteiger partial charge in [0, 0.05) is 36.4 Å². The lowest BCUT2D eigenvalue weighted by Crippen LogP contribution is -2.39. The van der Waals surface area contributed by atoms with Gasteiger partial charge in [0.05, 0.1) is 6.61 Å². The molecule has 1 aliphatic heterocycles. The average molecular weight is 373 g/mol. The minimum Gasteiger partial charge on any atom is -0.450 e. The highest BCUT2D eigenvalue weighted by molar-refractivity contribution is 5.96. The van der Waals surface area contributed by atoms with E-state index in [1.165, 1.54) is 38.5 Å². The lowest BCUT2D eigenvalue weighted by atomic mass is 10.1. The normalized spacial score (nSPS) is 21.4. The number of carbonyl (C=O) groups excluding carboxylic acids is 2. The monoisotopic (exact) mass is 373 g/mol. The van der Waals surface area contributed by atoms with Crippen molar-refractivity contribution >= 4 is 17.7 Å². The molecule has 0 aromatic heterocycles. The molecule has 0 bridgehead atoms. The molecule has 1 aromatic carbocycles. The van der Waals surface area contributed by atoms with Crippen molar-refractivity contribution in [2.24, 2.45) is 0 Å². The highest BCUT2D eigenvalue weighted by Crippen LogP contribution is 2.25. The van der Waals surface area contributed by atoms with Crippen LogP contribution in [0.4, 0.5) is 10.5 Å². The SMILES string of the molecule is CCOC(=O)Nc1cccc(C(=O)NC2CCN(C3CCCCCC3)C2)c1. The molecule has 148 valence electrons. The van der Waals surface area contributed by atoms with Gasteiger partial charge in [0.2, 0.25) is 0 Å². The number of likely N-dealkylation sites (tertiary alicyclic amines) is 1. The van der Waals surface area contributed by atoms with E-state index < -0.39 is 6.09 Å². The summed E-state index contributed by atoms with van der Waals surface area (Å²) < 4.78 is 4.88. The summed E-state index contributed by atoms with van der Waals surface area (Å²) in [6, 6.07) is 7.85. The maximum Gasteiger partial charge on any atom is 0.411 e. The van der Waals surface area contributed by atoms with Crippen LogP contribution < -0.4 is 10.6 Å². The molecular formula is C21H31N3O3. The van der Waals surface area contributed by atoms with Crippen LogP contribution in [0.1, 0.15) is 62.2 Å². The molecule has 2 fully saturated rings. The predicted octanol–water partition coefficient (Wildman–Crippen LogP) is 3.78. The Labute approximate surface area is 161 Å². The summed E-state index contributed by atoms with van der Waals surface area (Å²) in [4.78, 5) is 26.7. The Balaban J connectivity index is 1.52. The first-order valence-corrected chi connectivity index (χ1v) is 10.2. The topological polar surface area (TPSA) is 70.7 Å². The van der Waals surface area contributed by atoms with Crippen LogP contribution in [0.25, 0.3) is 0 Å². The lowest BCUT2D eigenvalue weighted by Gasteiger charge is -2.26. The van der Waals surface area contributed by atoms with E-state index in [0.29, 0.717) is 23.9 Å². The highest BCUT2D eigenvalue weighted by Gasteiger charge is 2.29. The molecule has 2 amide bonds. The second kappa shape index (κ2) is 9.74. The number of nitrogens with one attached hydrogen (secondary N) is 2. The van der Waals surface area contributed by atoms with Crippen LogP contribution in [-0.2, 0) is 4.74 Å². The summed E-state index contributed by atoms with van der Waals surface area (Å²) in [5.41, 5.74) is 1.12. The number of anilines is 1. The van der Waals surface area contributed by atoms with Gasteiger partial charge in [0.25, 0.3) is 5.91 Å². The van der Waals surface area contributed by atoms with Gasteiger partial charge in [0.15, 0.2) is 0 Å². The third-order valence-corrected chi connectivity index (χ3v) is 5.54. The predicted molar refractivity (Wildman–Crippen MR) is 106 cm³/mol. The molecule has 0 radical (unpaired) electrons. The number of hydrogen-bond acceptors (Lipinski definition) is 4. The number of ether oxygens (including phenoxy) is 1. The molecule has 1 saturated carbocycles. The molecular weight excluding hydrogens is 342 g/mol. The summed E-state index contributed by atoms with van der Waals surface area (Å²) >= 11 is 0. The van der Waals surface area contributed by atoms with Crippen LogP contribution >= 0.6 is 0 Å². The zero-order valence-corrected chi connectivity index (χ0v) is 16.2. The van der Waals surface area contributed by atoms with Crippen LogP contribution in [0.2, 0.25) is 0 Å². The van der Waals surface area contributed by atoms with Gasteiger partial charge in [0.1, 0.15) is 0 Å². The van der Waals surface area contributed by atoms with Crippen molar-refractivity contribution in [1.29, 1.82) is 0 Å². The molecule has 3 rings (SSSR count). The number of carbonyl (C=O) groups is 2. The van der Waals surface area contributed by atoms with E-state index in [4.69, 9.17) is 4.74 Å². The standard InChI is InChI=1S/C21H31N3O3/c1-2-27-21(26)23-17-9-7-8-16(14-17)20(25)22-18-12-13-24(15-18)19-10-5-3-4-6-11-19/h7-9,14,18-19H,2-6,10-13,15H2,1H3,(H,22,25)(H,23,26). The third-order valence-electron chi connectivity index (χ3n) is 5.54. The van der Waals surface area contributed by atoms with Crippen LogP contribution in [0.15, 0.2) is 24.3 Å². The van der Waals surface area contributed by atoms with Crippen molar-refractivity contribution < 1.29 is 14.3 Å². The van der Waals surface area contributed by atoms with Crippen LogP contribution in [-0.4, -0.2) is 48.7 Å². The fraction of sp³-hybridized carbons (Fsp3) is 0.619.